The summed E-state index contributed by atoms with van der Waals surface area (Å²) in [5.74, 6) is 0.919. The number of aliphatic imine (C=N–C) groups is 1. The normalized spacial score (nSPS) is 20.5. The molecule has 2 rings (SSSR count). The molecule has 1 aliphatic rings. The van der Waals surface area contributed by atoms with Crippen LogP contribution in [0, 0.1) is 5.41 Å². The van der Waals surface area contributed by atoms with Crippen molar-refractivity contribution in [3.8, 4) is 0 Å². The fraction of sp³-hybridized carbons (Fsp3) is 0.692. The van der Waals surface area contributed by atoms with E-state index in [0.29, 0.717) is 12.0 Å². The average Bonchev–Trinajstić information content (AvgIpc) is 2.81. The van der Waals surface area contributed by atoms with Gasteiger partial charge in [-0.25, -0.2) is 0 Å². The number of rotatable bonds is 2. The van der Waals surface area contributed by atoms with Crippen molar-refractivity contribution < 1.29 is 4.52 Å². The minimum Gasteiger partial charge on any atom is -0.364 e. The van der Waals surface area contributed by atoms with Gasteiger partial charge >= 0.3 is 0 Å². The summed E-state index contributed by atoms with van der Waals surface area (Å²) in [5.41, 5.74) is 1.30. The lowest BCUT2D eigenvalue weighted by atomic mass is 9.65. The first-order chi connectivity index (χ1) is 8.38. The largest absolute Gasteiger partial charge is 0.364 e. The fourth-order valence-corrected chi connectivity index (χ4v) is 2.19. The van der Waals surface area contributed by atoms with Crippen LogP contribution < -0.4 is 5.32 Å². The monoisotopic (exact) mass is 378 g/mol. The molecule has 0 aromatic carbocycles. The van der Waals surface area contributed by atoms with Crippen molar-refractivity contribution in [2.75, 3.05) is 13.6 Å². The van der Waals surface area contributed by atoms with Crippen LogP contribution in [0.5, 0.6) is 0 Å². The highest BCUT2D eigenvalue weighted by Crippen LogP contribution is 2.46. The number of halogens is 1. The Bertz CT molecular complexity index is 440. The number of hydrogen-bond donors (Lipinski definition) is 1. The third-order valence-corrected chi connectivity index (χ3v) is 4.27. The topological polar surface area (TPSA) is 53.7 Å². The van der Waals surface area contributed by atoms with Crippen LogP contribution in [0.1, 0.15) is 33.4 Å². The average molecular weight is 378 g/mol. The van der Waals surface area contributed by atoms with E-state index in [1.165, 1.54) is 0 Å². The highest BCUT2D eigenvalue weighted by Gasteiger charge is 2.53. The SMILES string of the molecule is CN=C(NCc1ccon1)N1CC(C)(C)C1(C)C.I. The van der Waals surface area contributed by atoms with Crippen LogP contribution >= 0.6 is 24.0 Å². The minimum atomic E-state index is 0. The Hall–Kier alpha value is -0.790. The Balaban J connectivity index is 0.00000180. The van der Waals surface area contributed by atoms with Gasteiger partial charge in [0, 0.05) is 30.6 Å². The molecular formula is C13H23IN4O. The number of nitrogens with one attached hydrogen (secondary N) is 1. The van der Waals surface area contributed by atoms with E-state index in [-0.39, 0.29) is 29.5 Å². The van der Waals surface area contributed by atoms with Gasteiger partial charge in [-0.1, -0.05) is 19.0 Å². The van der Waals surface area contributed by atoms with E-state index in [1.807, 2.05) is 13.1 Å². The number of nitrogens with zero attached hydrogens (tertiary/aromatic N) is 3. The number of aromatic nitrogens is 1. The van der Waals surface area contributed by atoms with Crippen molar-refractivity contribution in [2.45, 2.75) is 39.8 Å². The van der Waals surface area contributed by atoms with Crippen LogP contribution in [-0.2, 0) is 6.54 Å². The van der Waals surface area contributed by atoms with E-state index < -0.39 is 0 Å². The van der Waals surface area contributed by atoms with Crippen molar-refractivity contribution >= 4 is 29.9 Å². The van der Waals surface area contributed by atoms with E-state index in [0.717, 1.165) is 18.2 Å². The molecule has 0 radical (unpaired) electrons. The molecule has 6 heteroatoms. The van der Waals surface area contributed by atoms with Gasteiger partial charge in [-0.3, -0.25) is 4.99 Å². The summed E-state index contributed by atoms with van der Waals surface area (Å²) < 4.78 is 4.81. The van der Waals surface area contributed by atoms with Crippen LogP contribution in [0.15, 0.2) is 21.8 Å². The van der Waals surface area contributed by atoms with Crippen LogP contribution in [0.4, 0.5) is 0 Å². The number of guanidine groups is 1. The first-order valence-electron chi connectivity index (χ1n) is 6.26. The maximum absolute atomic E-state index is 4.81. The molecule has 2 heterocycles. The van der Waals surface area contributed by atoms with Gasteiger partial charge in [-0.15, -0.1) is 24.0 Å². The summed E-state index contributed by atoms with van der Waals surface area (Å²) in [4.78, 5) is 6.64. The van der Waals surface area contributed by atoms with Gasteiger partial charge in [0.25, 0.3) is 0 Å². The fourth-order valence-electron chi connectivity index (χ4n) is 2.19. The minimum absolute atomic E-state index is 0. The molecule has 0 saturated carbocycles. The standard InChI is InChI=1S/C13H22N4O.HI/c1-12(2)9-17(13(12,3)4)11(14-5)15-8-10-6-7-18-16-10;/h6-7H,8-9H2,1-5H3,(H,14,15);1H. The molecule has 5 nitrogen and oxygen atoms in total. The molecule has 0 aliphatic carbocycles. The summed E-state index contributed by atoms with van der Waals surface area (Å²) in [7, 11) is 1.81. The second-order valence-electron chi connectivity index (χ2n) is 5.92. The van der Waals surface area contributed by atoms with Crippen molar-refractivity contribution in [1.82, 2.24) is 15.4 Å². The van der Waals surface area contributed by atoms with Crippen molar-refractivity contribution in [3.05, 3.63) is 18.0 Å². The maximum Gasteiger partial charge on any atom is 0.194 e. The number of likely N-dealkylation sites (tertiary alicyclic amines) is 1. The molecule has 108 valence electrons. The molecule has 1 aliphatic heterocycles. The van der Waals surface area contributed by atoms with Gasteiger partial charge in [-0.2, -0.15) is 0 Å². The molecule has 1 aromatic heterocycles. The quantitative estimate of drug-likeness (QED) is 0.488. The summed E-state index contributed by atoms with van der Waals surface area (Å²) in [6.45, 7) is 10.7. The Labute approximate surface area is 131 Å². The van der Waals surface area contributed by atoms with E-state index in [1.54, 1.807) is 6.26 Å². The molecule has 1 aromatic rings. The van der Waals surface area contributed by atoms with Gasteiger partial charge < -0.3 is 14.7 Å². The Morgan fingerprint density at radius 3 is 2.58 bits per heavy atom. The van der Waals surface area contributed by atoms with Crippen LogP contribution in [0.25, 0.3) is 0 Å². The van der Waals surface area contributed by atoms with Gasteiger partial charge in [-0.05, 0) is 13.8 Å². The molecule has 19 heavy (non-hydrogen) atoms. The molecule has 1 N–H and O–H groups in total. The van der Waals surface area contributed by atoms with E-state index >= 15 is 0 Å². The number of hydrogen-bond acceptors (Lipinski definition) is 3. The highest BCUT2D eigenvalue weighted by molar-refractivity contribution is 14.0. The first-order valence-corrected chi connectivity index (χ1v) is 6.26. The van der Waals surface area contributed by atoms with Crippen molar-refractivity contribution in [1.29, 1.82) is 0 Å². The molecule has 0 amide bonds. The van der Waals surface area contributed by atoms with Crippen LogP contribution in [-0.4, -0.2) is 35.1 Å². The lowest BCUT2D eigenvalue weighted by molar-refractivity contribution is -0.0668. The van der Waals surface area contributed by atoms with Gasteiger partial charge in [0.15, 0.2) is 5.96 Å². The second-order valence-corrected chi connectivity index (χ2v) is 5.92. The summed E-state index contributed by atoms with van der Waals surface area (Å²) >= 11 is 0. The maximum atomic E-state index is 4.81. The van der Waals surface area contributed by atoms with E-state index in [2.05, 4.69) is 48.1 Å². The predicted octanol–water partition coefficient (Wildman–Crippen LogP) is 2.49. The zero-order valence-electron chi connectivity index (χ0n) is 12.2. The summed E-state index contributed by atoms with van der Waals surface area (Å²) in [6.07, 6.45) is 1.58. The summed E-state index contributed by atoms with van der Waals surface area (Å²) in [5, 5.41) is 7.20. The highest BCUT2D eigenvalue weighted by atomic mass is 127. The van der Waals surface area contributed by atoms with Gasteiger partial charge in [0.1, 0.15) is 12.0 Å². The van der Waals surface area contributed by atoms with Crippen LogP contribution in [0.2, 0.25) is 0 Å². The molecule has 0 unspecified atom stereocenters. The molecule has 1 fully saturated rings. The Kier molecular flexibility index (Phi) is 4.86. The van der Waals surface area contributed by atoms with Crippen LogP contribution in [0.3, 0.4) is 0 Å². The zero-order chi connectivity index (χ0) is 13.4. The van der Waals surface area contributed by atoms with E-state index in [9.17, 15) is 0 Å². The molecule has 0 atom stereocenters. The van der Waals surface area contributed by atoms with Gasteiger partial charge in [0.05, 0.1) is 6.54 Å². The van der Waals surface area contributed by atoms with Crippen molar-refractivity contribution in [2.24, 2.45) is 10.4 Å². The second kappa shape index (κ2) is 5.68. The zero-order valence-corrected chi connectivity index (χ0v) is 14.6. The lowest BCUT2D eigenvalue weighted by Crippen LogP contribution is -2.72. The predicted molar refractivity (Wildman–Crippen MR) is 86.7 cm³/mol. The third-order valence-electron chi connectivity index (χ3n) is 4.27. The smallest absolute Gasteiger partial charge is 0.194 e. The molecular weight excluding hydrogens is 355 g/mol. The Morgan fingerprint density at radius 1 is 1.47 bits per heavy atom. The van der Waals surface area contributed by atoms with Gasteiger partial charge in [0.2, 0.25) is 0 Å². The van der Waals surface area contributed by atoms with E-state index in [4.69, 9.17) is 4.52 Å². The third kappa shape index (κ3) is 2.88. The first kappa shape index (κ1) is 16.3. The van der Waals surface area contributed by atoms with Crippen molar-refractivity contribution in [3.63, 3.8) is 0 Å². The molecule has 0 spiro atoms. The molecule has 0 bridgehead atoms. The Morgan fingerprint density at radius 2 is 2.16 bits per heavy atom. The lowest BCUT2D eigenvalue weighted by Gasteiger charge is -2.62. The molecule has 1 saturated heterocycles. The summed E-state index contributed by atoms with van der Waals surface area (Å²) in [6, 6.07) is 1.85.